The van der Waals surface area contributed by atoms with Gasteiger partial charge in [0.2, 0.25) is 6.10 Å². The van der Waals surface area contributed by atoms with E-state index in [0.717, 1.165) is 24.0 Å². The van der Waals surface area contributed by atoms with Crippen molar-refractivity contribution in [3.63, 3.8) is 0 Å². The van der Waals surface area contributed by atoms with Crippen LogP contribution in [0.5, 0.6) is 5.75 Å². The molecule has 1 unspecified atom stereocenters. The number of rotatable bonds is 15. The van der Waals surface area contributed by atoms with Gasteiger partial charge in [-0.05, 0) is 61.2 Å². The molecule has 0 fully saturated rings. The topological polar surface area (TPSA) is 87.6 Å². The highest BCUT2D eigenvalue weighted by atomic mass is 19.4. The molecule has 220 valence electrons. The normalized spacial score (nSPS) is 12.1. The summed E-state index contributed by atoms with van der Waals surface area (Å²) in [5.74, 6) is -1.14. The number of nitrogens with zero attached hydrogens (tertiary/aromatic N) is 2. The Morgan fingerprint density at radius 1 is 0.805 bits per heavy atom. The van der Waals surface area contributed by atoms with Gasteiger partial charge >= 0.3 is 18.1 Å². The number of aryl methyl sites for hydroxylation is 1. The molecular weight excluding hydrogens is 537 g/mol. The van der Waals surface area contributed by atoms with Gasteiger partial charge in [0.1, 0.15) is 5.75 Å². The molecule has 0 saturated heterocycles. The molecule has 1 atom stereocenters. The zero-order valence-electron chi connectivity index (χ0n) is 23.3. The number of hydrogen-bond donors (Lipinski definition) is 0. The van der Waals surface area contributed by atoms with Crippen molar-refractivity contribution in [3.05, 3.63) is 77.6 Å². The predicted octanol–water partition coefficient (Wildman–Crippen LogP) is 7.39. The molecule has 0 radical (unpaired) electrons. The Bertz CT molecular complexity index is 1230. The van der Waals surface area contributed by atoms with Gasteiger partial charge in [-0.25, -0.2) is 19.6 Å². The number of esters is 2. The molecule has 1 aromatic heterocycles. The summed E-state index contributed by atoms with van der Waals surface area (Å²) in [6.45, 7) is 3.28. The monoisotopic (exact) mass is 572 g/mol. The number of benzene rings is 2. The van der Waals surface area contributed by atoms with Crippen molar-refractivity contribution in [1.82, 2.24) is 9.97 Å². The van der Waals surface area contributed by atoms with Crippen molar-refractivity contribution < 1.29 is 37.0 Å². The van der Waals surface area contributed by atoms with Gasteiger partial charge in [-0.1, -0.05) is 51.7 Å². The molecule has 41 heavy (non-hydrogen) atoms. The lowest BCUT2D eigenvalue weighted by Gasteiger charge is -2.20. The van der Waals surface area contributed by atoms with E-state index in [-0.39, 0.29) is 23.5 Å². The van der Waals surface area contributed by atoms with Crippen LogP contribution in [0.15, 0.2) is 60.9 Å². The van der Waals surface area contributed by atoms with Crippen LogP contribution in [0, 0.1) is 0 Å². The molecule has 3 rings (SSSR count). The van der Waals surface area contributed by atoms with Gasteiger partial charge < -0.3 is 14.2 Å². The molecule has 0 amide bonds. The summed E-state index contributed by atoms with van der Waals surface area (Å²) in [7, 11) is 0. The summed E-state index contributed by atoms with van der Waals surface area (Å²) in [5, 5.41) is 0. The van der Waals surface area contributed by atoms with Crippen LogP contribution in [0.1, 0.15) is 78.7 Å². The molecule has 0 aliphatic rings. The largest absolute Gasteiger partial charge is 0.447 e. The lowest BCUT2D eigenvalue weighted by atomic mass is 10.1. The van der Waals surface area contributed by atoms with Crippen molar-refractivity contribution in [2.24, 2.45) is 0 Å². The molecule has 7 nitrogen and oxygen atoms in total. The van der Waals surface area contributed by atoms with Crippen molar-refractivity contribution in [2.75, 3.05) is 13.2 Å². The number of halogens is 3. The Morgan fingerprint density at radius 3 is 2.02 bits per heavy atom. The summed E-state index contributed by atoms with van der Waals surface area (Å²) in [5.41, 5.74) is 1.99. The van der Waals surface area contributed by atoms with Gasteiger partial charge in [0.15, 0.2) is 5.82 Å². The summed E-state index contributed by atoms with van der Waals surface area (Å²) >= 11 is 0. The fourth-order valence-corrected chi connectivity index (χ4v) is 3.87. The fourth-order valence-electron chi connectivity index (χ4n) is 3.87. The number of carbonyl (C=O) groups excluding carboxylic acids is 2. The van der Waals surface area contributed by atoms with Crippen molar-refractivity contribution in [1.29, 1.82) is 0 Å². The standard InChI is InChI=1S/C31H35F3N2O5/c1-3-5-6-7-8-9-22-19-35-28(36-20-22)23-10-12-24(13-11-23)29(37)40-26-16-14-25(15-17-26)30(38)41-27(31(32,33)34)21-39-18-4-2/h10-17,19-20,27H,3-9,18,21H2,1-2H3. The number of aromatic nitrogens is 2. The molecule has 0 aliphatic carbocycles. The molecule has 10 heteroatoms. The Balaban J connectivity index is 1.53. The smallest absolute Gasteiger partial charge is 0.427 e. The lowest BCUT2D eigenvalue weighted by molar-refractivity contribution is -0.217. The van der Waals surface area contributed by atoms with Gasteiger partial charge in [-0.15, -0.1) is 0 Å². The van der Waals surface area contributed by atoms with Gasteiger partial charge in [-0.3, -0.25) is 0 Å². The average Bonchev–Trinajstić information content (AvgIpc) is 2.97. The number of unbranched alkanes of at least 4 members (excludes halogenated alkanes) is 4. The van der Waals surface area contributed by atoms with E-state index >= 15 is 0 Å². The zero-order valence-corrected chi connectivity index (χ0v) is 23.3. The Labute approximate surface area is 238 Å². The van der Waals surface area contributed by atoms with E-state index in [2.05, 4.69) is 21.6 Å². The van der Waals surface area contributed by atoms with Gasteiger partial charge in [0.25, 0.3) is 0 Å². The molecular formula is C31H35F3N2O5. The first-order valence-corrected chi connectivity index (χ1v) is 13.8. The summed E-state index contributed by atoms with van der Waals surface area (Å²) < 4.78 is 54.4. The van der Waals surface area contributed by atoms with E-state index in [1.165, 1.54) is 49.9 Å². The minimum absolute atomic E-state index is 0.114. The first-order chi connectivity index (χ1) is 19.7. The number of hydrogen-bond acceptors (Lipinski definition) is 7. The molecule has 2 aromatic carbocycles. The van der Waals surface area contributed by atoms with Crippen LogP contribution < -0.4 is 4.74 Å². The summed E-state index contributed by atoms with van der Waals surface area (Å²) in [6, 6.07) is 11.7. The molecule has 0 spiro atoms. The number of ether oxygens (including phenoxy) is 3. The van der Waals surface area contributed by atoms with Crippen LogP contribution in [-0.4, -0.2) is 47.4 Å². The highest BCUT2D eigenvalue weighted by molar-refractivity contribution is 5.92. The third kappa shape index (κ3) is 10.3. The van der Waals surface area contributed by atoms with Crippen LogP contribution in [0.25, 0.3) is 11.4 Å². The van der Waals surface area contributed by atoms with Crippen LogP contribution >= 0.6 is 0 Å². The first kappa shape index (κ1) is 31.7. The van der Waals surface area contributed by atoms with Crippen molar-refractivity contribution in [3.8, 4) is 17.1 Å². The van der Waals surface area contributed by atoms with E-state index in [0.29, 0.717) is 12.2 Å². The second-order valence-electron chi connectivity index (χ2n) is 9.58. The SMILES string of the molecule is CCCCCCCc1cnc(-c2ccc(C(=O)Oc3ccc(C(=O)OC(COCCC)C(F)(F)F)cc3)cc2)nc1. The quantitative estimate of drug-likeness (QED) is 0.107. The minimum Gasteiger partial charge on any atom is -0.447 e. The summed E-state index contributed by atoms with van der Waals surface area (Å²) in [4.78, 5) is 33.7. The van der Waals surface area contributed by atoms with E-state index < -0.39 is 30.8 Å². The zero-order chi connectivity index (χ0) is 29.7. The Morgan fingerprint density at radius 2 is 1.41 bits per heavy atom. The van der Waals surface area contributed by atoms with E-state index in [1.54, 1.807) is 31.2 Å². The molecule has 1 heterocycles. The molecule has 0 N–H and O–H groups in total. The third-order valence-electron chi connectivity index (χ3n) is 6.19. The first-order valence-electron chi connectivity index (χ1n) is 13.8. The molecule has 3 aromatic rings. The average molecular weight is 573 g/mol. The van der Waals surface area contributed by atoms with E-state index in [9.17, 15) is 22.8 Å². The van der Waals surface area contributed by atoms with Crippen LogP contribution in [0.2, 0.25) is 0 Å². The van der Waals surface area contributed by atoms with E-state index in [4.69, 9.17) is 9.47 Å². The molecule has 0 saturated carbocycles. The highest BCUT2D eigenvalue weighted by Crippen LogP contribution is 2.25. The highest BCUT2D eigenvalue weighted by Gasteiger charge is 2.43. The molecule has 0 bridgehead atoms. The van der Waals surface area contributed by atoms with Crippen molar-refractivity contribution >= 4 is 11.9 Å². The van der Waals surface area contributed by atoms with Gasteiger partial charge in [0.05, 0.1) is 17.7 Å². The number of carbonyl (C=O) groups is 2. The maximum absolute atomic E-state index is 13.2. The predicted molar refractivity (Wildman–Crippen MR) is 148 cm³/mol. The van der Waals surface area contributed by atoms with Crippen LogP contribution in [0.4, 0.5) is 13.2 Å². The summed E-state index contributed by atoms with van der Waals surface area (Å²) in [6.07, 6.45) is 4.00. The van der Waals surface area contributed by atoms with Gasteiger partial charge in [0, 0.05) is 24.6 Å². The van der Waals surface area contributed by atoms with Crippen LogP contribution in [0.3, 0.4) is 0 Å². The van der Waals surface area contributed by atoms with Gasteiger partial charge in [-0.2, -0.15) is 13.2 Å². The Hall–Kier alpha value is -3.79. The Kier molecular flexibility index (Phi) is 12.3. The van der Waals surface area contributed by atoms with Crippen molar-refractivity contribution in [2.45, 2.75) is 71.1 Å². The third-order valence-corrected chi connectivity index (χ3v) is 6.19. The number of alkyl halides is 3. The maximum Gasteiger partial charge on any atom is 0.427 e. The maximum atomic E-state index is 13.2. The lowest BCUT2D eigenvalue weighted by Crippen LogP contribution is -2.38. The van der Waals surface area contributed by atoms with E-state index in [1.807, 2.05) is 12.4 Å². The second kappa shape index (κ2) is 15.9. The molecule has 0 aliphatic heterocycles. The van der Waals surface area contributed by atoms with Crippen LogP contribution in [-0.2, 0) is 15.9 Å². The fraction of sp³-hybridized carbons (Fsp3) is 0.419. The minimum atomic E-state index is -4.77. The second-order valence-corrected chi connectivity index (χ2v) is 9.58.